The molecule has 1 aromatic carbocycles. The third kappa shape index (κ3) is 3.64. The van der Waals surface area contributed by atoms with E-state index in [9.17, 15) is 9.59 Å². The van der Waals surface area contributed by atoms with Crippen molar-refractivity contribution in [2.45, 2.75) is 26.0 Å². The van der Waals surface area contributed by atoms with Gasteiger partial charge in [0, 0.05) is 30.0 Å². The fraction of sp³-hybridized carbons (Fsp3) is 0.278. The van der Waals surface area contributed by atoms with Crippen LogP contribution in [0.4, 0.5) is 0 Å². The number of aromatic nitrogens is 1. The van der Waals surface area contributed by atoms with Crippen LogP contribution in [0, 0.1) is 0 Å². The maximum Gasteiger partial charge on any atom is 0.340 e. The molecule has 0 saturated heterocycles. The molecule has 1 atom stereocenters. The number of carbonyl (C=O) groups is 2. The van der Waals surface area contributed by atoms with E-state index in [2.05, 4.69) is 27.0 Å². The van der Waals surface area contributed by atoms with E-state index in [0.29, 0.717) is 23.1 Å². The number of carbonyl (C=O) groups excluding carboxylic acids is 2. The molecule has 6 heteroatoms. The van der Waals surface area contributed by atoms with Crippen LogP contribution in [0.1, 0.15) is 28.4 Å². The standard InChI is InChI=1S/C18H17BrN2O3/c1-12(24-18(23)15-8-16(19)10-20-9-15)17(22)21-7-6-13-4-2-3-5-14(13)11-21/h2-5,8-10,12H,6-7,11H2,1H3/t12-/m0/s1. The zero-order valence-electron chi connectivity index (χ0n) is 13.2. The molecule has 0 spiro atoms. The van der Waals surface area contributed by atoms with Gasteiger partial charge in [-0.2, -0.15) is 0 Å². The van der Waals surface area contributed by atoms with E-state index >= 15 is 0 Å². The van der Waals surface area contributed by atoms with Gasteiger partial charge in [-0.25, -0.2) is 4.79 Å². The predicted molar refractivity (Wildman–Crippen MR) is 92.4 cm³/mol. The zero-order chi connectivity index (χ0) is 17.1. The van der Waals surface area contributed by atoms with Crippen LogP contribution in [0.5, 0.6) is 0 Å². The lowest BCUT2D eigenvalue weighted by molar-refractivity contribution is -0.140. The van der Waals surface area contributed by atoms with Gasteiger partial charge in [0.05, 0.1) is 5.56 Å². The van der Waals surface area contributed by atoms with Crippen molar-refractivity contribution in [3.05, 3.63) is 63.9 Å². The van der Waals surface area contributed by atoms with Gasteiger partial charge in [0.2, 0.25) is 0 Å². The summed E-state index contributed by atoms with van der Waals surface area (Å²) in [4.78, 5) is 30.4. The second-order valence-electron chi connectivity index (χ2n) is 5.72. The van der Waals surface area contributed by atoms with Crippen LogP contribution < -0.4 is 0 Å². The molecule has 1 amide bonds. The number of esters is 1. The summed E-state index contributed by atoms with van der Waals surface area (Å²) in [5.41, 5.74) is 2.73. The second kappa shape index (κ2) is 7.13. The highest BCUT2D eigenvalue weighted by atomic mass is 79.9. The van der Waals surface area contributed by atoms with Gasteiger partial charge in [-0.3, -0.25) is 9.78 Å². The third-order valence-corrected chi connectivity index (χ3v) is 4.45. The van der Waals surface area contributed by atoms with Crippen LogP contribution in [0.3, 0.4) is 0 Å². The van der Waals surface area contributed by atoms with Crippen LogP contribution >= 0.6 is 15.9 Å². The summed E-state index contributed by atoms with van der Waals surface area (Å²) in [7, 11) is 0. The molecule has 124 valence electrons. The summed E-state index contributed by atoms with van der Waals surface area (Å²) >= 11 is 3.26. The highest BCUT2D eigenvalue weighted by molar-refractivity contribution is 9.10. The number of rotatable bonds is 3. The van der Waals surface area contributed by atoms with Crippen molar-refractivity contribution in [1.82, 2.24) is 9.88 Å². The molecule has 2 aromatic rings. The molecule has 1 aliphatic heterocycles. The molecule has 5 nitrogen and oxygen atoms in total. The topological polar surface area (TPSA) is 59.5 Å². The molecule has 0 radical (unpaired) electrons. The lowest BCUT2D eigenvalue weighted by atomic mass is 9.99. The molecule has 2 heterocycles. The highest BCUT2D eigenvalue weighted by Gasteiger charge is 2.27. The van der Waals surface area contributed by atoms with Crippen LogP contribution in [0.25, 0.3) is 0 Å². The van der Waals surface area contributed by atoms with E-state index in [0.717, 1.165) is 12.0 Å². The minimum absolute atomic E-state index is 0.180. The lowest BCUT2D eigenvalue weighted by Gasteiger charge is -2.30. The molecule has 0 aliphatic carbocycles. The van der Waals surface area contributed by atoms with Crippen molar-refractivity contribution >= 4 is 27.8 Å². The molecule has 0 unspecified atom stereocenters. The van der Waals surface area contributed by atoms with Gasteiger partial charge in [0.25, 0.3) is 5.91 Å². The average Bonchev–Trinajstić information content (AvgIpc) is 2.60. The Morgan fingerprint density at radius 3 is 2.75 bits per heavy atom. The maximum atomic E-state index is 12.6. The molecule has 0 saturated carbocycles. The van der Waals surface area contributed by atoms with E-state index in [-0.39, 0.29) is 5.91 Å². The van der Waals surface area contributed by atoms with Crippen molar-refractivity contribution < 1.29 is 14.3 Å². The molecule has 1 aromatic heterocycles. The molecule has 0 bridgehead atoms. The Labute approximate surface area is 148 Å². The number of ether oxygens (including phenoxy) is 1. The second-order valence-corrected chi connectivity index (χ2v) is 6.63. The number of halogens is 1. The van der Waals surface area contributed by atoms with E-state index in [4.69, 9.17) is 4.74 Å². The number of hydrogen-bond donors (Lipinski definition) is 0. The first-order valence-electron chi connectivity index (χ1n) is 7.71. The molecule has 3 rings (SSSR count). The first-order valence-corrected chi connectivity index (χ1v) is 8.51. The van der Waals surface area contributed by atoms with Crippen molar-refractivity contribution in [1.29, 1.82) is 0 Å². The number of fused-ring (bicyclic) bond motifs is 1. The predicted octanol–water partition coefficient (Wildman–Crippen LogP) is 2.97. The maximum absolute atomic E-state index is 12.6. The van der Waals surface area contributed by atoms with Crippen molar-refractivity contribution in [2.24, 2.45) is 0 Å². The van der Waals surface area contributed by atoms with Gasteiger partial charge in [0.15, 0.2) is 6.10 Å². The summed E-state index contributed by atoms with van der Waals surface area (Å²) in [6.07, 6.45) is 2.98. The Bertz CT molecular complexity index is 778. The van der Waals surface area contributed by atoms with Crippen LogP contribution in [-0.2, 0) is 22.5 Å². The van der Waals surface area contributed by atoms with Gasteiger partial charge in [-0.15, -0.1) is 0 Å². The molecule has 0 N–H and O–H groups in total. The molecular formula is C18H17BrN2O3. The Hall–Kier alpha value is -2.21. The lowest BCUT2D eigenvalue weighted by Crippen LogP contribution is -2.42. The normalized spacial score (nSPS) is 14.7. The smallest absolute Gasteiger partial charge is 0.340 e. The van der Waals surface area contributed by atoms with E-state index < -0.39 is 12.1 Å². The summed E-state index contributed by atoms with van der Waals surface area (Å²) in [5.74, 6) is -0.733. The number of pyridine rings is 1. The fourth-order valence-corrected chi connectivity index (χ4v) is 3.11. The van der Waals surface area contributed by atoms with E-state index in [1.165, 1.54) is 11.8 Å². The van der Waals surface area contributed by atoms with Crippen molar-refractivity contribution in [3.63, 3.8) is 0 Å². The Balaban J connectivity index is 1.64. The minimum Gasteiger partial charge on any atom is -0.449 e. The first kappa shape index (κ1) is 16.6. The zero-order valence-corrected chi connectivity index (χ0v) is 14.8. The average molecular weight is 389 g/mol. The van der Waals surface area contributed by atoms with Crippen LogP contribution in [0.2, 0.25) is 0 Å². The van der Waals surface area contributed by atoms with Gasteiger partial charge >= 0.3 is 5.97 Å². The summed E-state index contributed by atoms with van der Waals surface area (Å²) in [6, 6.07) is 9.70. The summed E-state index contributed by atoms with van der Waals surface area (Å²) in [5, 5.41) is 0. The number of nitrogens with zero attached hydrogens (tertiary/aromatic N) is 2. The first-order chi connectivity index (χ1) is 11.5. The van der Waals surface area contributed by atoms with Crippen LogP contribution in [-0.4, -0.2) is 34.4 Å². The summed E-state index contributed by atoms with van der Waals surface area (Å²) < 4.78 is 5.99. The molecule has 1 aliphatic rings. The van der Waals surface area contributed by atoms with Crippen molar-refractivity contribution in [2.75, 3.05) is 6.54 Å². The Morgan fingerprint density at radius 2 is 2.00 bits per heavy atom. The van der Waals surface area contributed by atoms with Crippen molar-refractivity contribution in [3.8, 4) is 0 Å². The van der Waals surface area contributed by atoms with Crippen LogP contribution in [0.15, 0.2) is 47.2 Å². The largest absolute Gasteiger partial charge is 0.449 e. The van der Waals surface area contributed by atoms with E-state index in [1.54, 1.807) is 24.1 Å². The summed E-state index contributed by atoms with van der Waals surface area (Å²) in [6.45, 7) is 2.79. The van der Waals surface area contributed by atoms with Gasteiger partial charge in [0.1, 0.15) is 0 Å². The quantitative estimate of drug-likeness (QED) is 0.758. The fourth-order valence-electron chi connectivity index (χ4n) is 2.74. The van der Waals surface area contributed by atoms with Gasteiger partial charge in [-0.05, 0) is 46.5 Å². The Kier molecular flexibility index (Phi) is 4.94. The third-order valence-electron chi connectivity index (χ3n) is 4.01. The molecular weight excluding hydrogens is 372 g/mol. The number of hydrogen-bond acceptors (Lipinski definition) is 4. The van der Waals surface area contributed by atoms with Gasteiger partial charge < -0.3 is 9.64 Å². The number of benzene rings is 1. The minimum atomic E-state index is -0.832. The molecule has 24 heavy (non-hydrogen) atoms. The van der Waals surface area contributed by atoms with E-state index in [1.807, 2.05) is 18.2 Å². The monoisotopic (exact) mass is 388 g/mol. The number of amides is 1. The Morgan fingerprint density at radius 1 is 1.25 bits per heavy atom. The van der Waals surface area contributed by atoms with Gasteiger partial charge in [-0.1, -0.05) is 24.3 Å². The highest BCUT2D eigenvalue weighted by Crippen LogP contribution is 2.20. The molecule has 0 fully saturated rings. The SMILES string of the molecule is C[C@H](OC(=O)c1cncc(Br)c1)C(=O)N1CCc2ccccc2C1.